The van der Waals surface area contributed by atoms with Gasteiger partial charge in [0.25, 0.3) is 0 Å². The number of aliphatic hydroxyl groups is 2. The van der Waals surface area contributed by atoms with Crippen molar-refractivity contribution in [2.75, 3.05) is 12.4 Å². The highest BCUT2D eigenvalue weighted by molar-refractivity contribution is 5.88. The normalized spacial score (nSPS) is 29.4. The number of carbonyl (C=O) groups excluding carboxylic acids is 1. The van der Waals surface area contributed by atoms with E-state index in [1.807, 2.05) is 18.2 Å². The maximum atomic E-state index is 13.7. The van der Waals surface area contributed by atoms with Gasteiger partial charge in [-0.15, -0.1) is 0 Å². The van der Waals surface area contributed by atoms with E-state index in [1.54, 1.807) is 4.57 Å². The maximum absolute atomic E-state index is 13.7. The third kappa shape index (κ3) is 4.05. The molecule has 3 saturated carbocycles. The van der Waals surface area contributed by atoms with Gasteiger partial charge >= 0.3 is 0 Å². The number of aromatic nitrogens is 4. The van der Waals surface area contributed by atoms with Crippen LogP contribution in [0.25, 0.3) is 11.2 Å². The van der Waals surface area contributed by atoms with Gasteiger partial charge in [-0.2, -0.15) is 0 Å². The van der Waals surface area contributed by atoms with Gasteiger partial charge in [-0.3, -0.25) is 4.79 Å². The van der Waals surface area contributed by atoms with Crippen molar-refractivity contribution < 1.29 is 23.8 Å². The highest BCUT2D eigenvalue weighted by atomic mass is 19.2. The number of imidazole rings is 1. The van der Waals surface area contributed by atoms with E-state index in [1.165, 1.54) is 25.0 Å². The predicted octanol–water partition coefficient (Wildman–Crippen LogP) is 2.50. The molecule has 0 aliphatic heterocycles. The summed E-state index contributed by atoms with van der Waals surface area (Å²) in [7, 11) is 1.51. The Morgan fingerprint density at radius 2 is 1.90 bits per heavy atom. The minimum atomic E-state index is -1.24. The molecule has 3 aliphatic rings. The van der Waals surface area contributed by atoms with Gasteiger partial charge in [-0.1, -0.05) is 36.3 Å². The van der Waals surface area contributed by atoms with Crippen molar-refractivity contribution in [1.29, 1.82) is 0 Å². The first-order valence-corrected chi connectivity index (χ1v) is 13.4. The molecule has 3 fully saturated rings. The first-order valence-electron chi connectivity index (χ1n) is 13.4. The van der Waals surface area contributed by atoms with Gasteiger partial charge in [-0.05, 0) is 42.5 Å². The van der Waals surface area contributed by atoms with Crippen LogP contribution in [0.3, 0.4) is 0 Å². The molecule has 9 nitrogen and oxygen atoms in total. The Bertz CT molecular complexity index is 1750. The molecular formula is C30H26F2N6O3. The second-order valence-electron chi connectivity index (χ2n) is 11.0. The molecule has 1 amide bonds. The molecule has 0 bridgehead atoms. The van der Waals surface area contributed by atoms with Crippen LogP contribution in [0, 0.1) is 34.8 Å². The Morgan fingerprint density at radius 3 is 2.66 bits per heavy atom. The van der Waals surface area contributed by atoms with Crippen molar-refractivity contribution in [3.63, 3.8) is 0 Å². The number of hydrogen-bond donors (Lipinski definition) is 4. The molecule has 11 heteroatoms. The minimum absolute atomic E-state index is 0.107. The number of fused-ring (bicyclic) bond motifs is 2. The van der Waals surface area contributed by atoms with Gasteiger partial charge in [-0.25, -0.2) is 23.7 Å². The zero-order valence-electron chi connectivity index (χ0n) is 21.9. The van der Waals surface area contributed by atoms with Crippen LogP contribution in [0.5, 0.6) is 0 Å². The van der Waals surface area contributed by atoms with E-state index in [0.717, 1.165) is 18.6 Å². The van der Waals surface area contributed by atoms with Gasteiger partial charge in [0, 0.05) is 30.5 Å². The fraction of sp³-hybridized carbons (Fsp3) is 0.333. The molecule has 0 spiro atoms. The maximum Gasteiger partial charge on any atom is 0.229 e. The van der Waals surface area contributed by atoms with Crippen molar-refractivity contribution in [2.24, 2.45) is 11.3 Å². The van der Waals surface area contributed by atoms with Crippen LogP contribution in [-0.2, 0) is 4.79 Å². The molecule has 3 unspecified atom stereocenters. The highest BCUT2D eigenvalue weighted by Gasteiger charge is 2.75. The first-order chi connectivity index (χ1) is 19.8. The second-order valence-corrected chi connectivity index (χ2v) is 11.0. The van der Waals surface area contributed by atoms with Crippen LogP contribution < -0.4 is 10.6 Å². The smallest absolute Gasteiger partial charge is 0.229 e. The average molecular weight is 557 g/mol. The molecule has 7 rings (SSSR count). The van der Waals surface area contributed by atoms with Gasteiger partial charge in [0.1, 0.15) is 6.10 Å². The number of nitrogens with one attached hydrogen (secondary N) is 2. The van der Waals surface area contributed by atoms with Crippen molar-refractivity contribution in [1.82, 2.24) is 24.8 Å². The molecule has 41 heavy (non-hydrogen) atoms. The van der Waals surface area contributed by atoms with E-state index in [4.69, 9.17) is 0 Å². The molecule has 2 aromatic heterocycles. The van der Waals surface area contributed by atoms with E-state index < -0.39 is 35.3 Å². The molecule has 7 atom stereocenters. The summed E-state index contributed by atoms with van der Waals surface area (Å²) in [6, 6.07) is 13.0. The number of anilines is 1. The summed E-state index contributed by atoms with van der Waals surface area (Å²) < 4.78 is 28.8. The Hall–Kier alpha value is -4.40. The van der Waals surface area contributed by atoms with Crippen LogP contribution in [0.1, 0.15) is 41.8 Å². The lowest BCUT2D eigenvalue weighted by Crippen LogP contribution is -2.41. The monoisotopic (exact) mass is 556 g/mol. The van der Waals surface area contributed by atoms with Gasteiger partial charge in [0.15, 0.2) is 28.6 Å². The molecule has 2 aromatic carbocycles. The van der Waals surface area contributed by atoms with Crippen LogP contribution in [0.4, 0.5) is 14.6 Å². The number of amides is 1. The Balaban J connectivity index is 1.28. The Morgan fingerprint density at radius 1 is 1.10 bits per heavy atom. The lowest BCUT2D eigenvalue weighted by atomic mass is 9.98. The molecule has 0 saturated heterocycles. The molecule has 0 radical (unpaired) electrons. The number of carbonyl (C=O) groups is 1. The molecular weight excluding hydrogens is 530 g/mol. The van der Waals surface area contributed by atoms with Crippen molar-refractivity contribution >= 4 is 22.9 Å². The summed E-state index contributed by atoms with van der Waals surface area (Å²) in [5.74, 6) is 3.90. The van der Waals surface area contributed by atoms with E-state index >= 15 is 0 Å². The quantitative estimate of drug-likeness (QED) is 0.279. The van der Waals surface area contributed by atoms with Crippen LogP contribution in [-0.4, -0.2) is 60.9 Å². The van der Waals surface area contributed by atoms with E-state index in [0.29, 0.717) is 29.3 Å². The van der Waals surface area contributed by atoms with Gasteiger partial charge < -0.3 is 25.4 Å². The predicted molar refractivity (Wildman–Crippen MR) is 145 cm³/mol. The Kier molecular flexibility index (Phi) is 5.81. The van der Waals surface area contributed by atoms with Crippen LogP contribution in [0.15, 0.2) is 54.9 Å². The summed E-state index contributed by atoms with van der Waals surface area (Å²) in [5.41, 5.74) is 1.24. The Labute approximate surface area is 233 Å². The molecule has 3 aliphatic carbocycles. The fourth-order valence-electron chi connectivity index (χ4n) is 6.38. The summed E-state index contributed by atoms with van der Waals surface area (Å²) >= 11 is 0. The fourth-order valence-corrected chi connectivity index (χ4v) is 6.38. The van der Waals surface area contributed by atoms with Gasteiger partial charge in [0.2, 0.25) is 11.7 Å². The minimum Gasteiger partial charge on any atom is -0.389 e. The highest BCUT2D eigenvalue weighted by Crippen LogP contribution is 2.67. The van der Waals surface area contributed by atoms with E-state index in [-0.39, 0.29) is 29.3 Å². The standard InChI is InChI=1S/C30H26F2N6O3/c1-33-29(41)30-13-18(30)24(25(39)26(30)40)38-14-34-23-27(35-21-12-17(21)16-5-3-2-4-6-16)36-22(37-28(23)38)10-8-15-7-9-19(31)20(32)11-15/h2-7,9,11,14,17-18,21,24-26,39-40H,12-13H2,1H3,(H,33,41)(H,35,36,37)/t17?,18?,21-,24-,25+,26+,30?/m1/s1. The van der Waals surface area contributed by atoms with E-state index in [2.05, 4.69) is 49.6 Å². The summed E-state index contributed by atoms with van der Waals surface area (Å²) in [6.07, 6.45) is 0.417. The summed E-state index contributed by atoms with van der Waals surface area (Å²) in [4.78, 5) is 26.4. The zero-order chi connectivity index (χ0) is 28.5. The SMILES string of the molecule is CNC(=O)C12CC1[C@@H](n1cnc3c(N[C@@H]4CC4c4ccccc4)nc(C#Cc4ccc(F)c(F)c4)nc31)[C@H](O)[C@@H]2O. The van der Waals surface area contributed by atoms with Crippen LogP contribution in [0.2, 0.25) is 0 Å². The zero-order valence-corrected chi connectivity index (χ0v) is 21.9. The number of hydrogen-bond acceptors (Lipinski definition) is 7. The van der Waals surface area contributed by atoms with Crippen molar-refractivity contribution in [3.8, 4) is 11.8 Å². The topological polar surface area (TPSA) is 125 Å². The van der Waals surface area contributed by atoms with E-state index in [9.17, 15) is 23.8 Å². The first kappa shape index (κ1) is 25.6. The number of benzene rings is 2. The van der Waals surface area contributed by atoms with Crippen molar-refractivity contribution in [3.05, 3.63) is 83.4 Å². The third-order valence-corrected chi connectivity index (χ3v) is 8.64. The number of nitrogens with zero attached hydrogens (tertiary/aromatic N) is 4. The number of rotatable bonds is 5. The lowest BCUT2D eigenvalue weighted by Gasteiger charge is -2.23. The summed E-state index contributed by atoms with van der Waals surface area (Å²) in [5, 5.41) is 28.0. The second kappa shape index (κ2) is 9.33. The molecule has 208 valence electrons. The third-order valence-electron chi connectivity index (χ3n) is 8.64. The number of aliphatic hydroxyl groups excluding tert-OH is 2. The van der Waals surface area contributed by atoms with Gasteiger partial charge in [0.05, 0.1) is 23.9 Å². The molecule has 4 N–H and O–H groups in total. The number of halogens is 2. The lowest BCUT2D eigenvalue weighted by molar-refractivity contribution is -0.132. The molecule has 2 heterocycles. The summed E-state index contributed by atoms with van der Waals surface area (Å²) in [6.45, 7) is 0. The average Bonchev–Trinajstić information content (AvgIpc) is 3.86. The molecule has 4 aromatic rings. The van der Waals surface area contributed by atoms with Crippen LogP contribution >= 0.6 is 0 Å². The largest absolute Gasteiger partial charge is 0.389 e. The van der Waals surface area contributed by atoms with Crippen molar-refractivity contribution in [2.45, 2.75) is 43.1 Å².